The Hall–Kier alpha value is -3.20. The third-order valence-corrected chi connectivity index (χ3v) is 5.42. The molecule has 4 N–H and O–H groups in total. The Morgan fingerprint density at radius 3 is 2.60 bits per heavy atom. The first-order valence-corrected chi connectivity index (χ1v) is 10.4. The van der Waals surface area contributed by atoms with Crippen molar-refractivity contribution in [2.75, 3.05) is 16.4 Å². The lowest BCUT2D eigenvalue weighted by Crippen LogP contribution is -2.23. The predicted octanol–water partition coefficient (Wildman–Crippen LogP) is 4.21. The standard InChI is InChI=1S/C21H23FN6OS/c1-12-4-5-13(2)17(10-12)25-19(29)14(3)30-11-18-26-20(23)28-21(27-18)24-16-8-6-15(22)7-9-16/h4-10,14H,11H2,1-3H3,(H,25,29)(H3,23,24,26,27,28)/t14-/m1/s1. The van der Waals surface area contributed by atoms with Crippen molar-refractivity contribution in [1.82, 2.24) is 15.0 Å². The van der Waals surface area contributed by atoms with Gasteiger partial charge in [0.15, 0.2) is 0 Å². The minimum Gasteiger partial charge on any atom is -0.368 e. The van der Waals surface area contributed by atoms with E-state index in [1.54, 1.807) is 12.1 Å². The highest BCUT2D eigenvalue weighted by molar-refractivity contribution is 7.99. The second kappa shape index (κ2) is 9.53. The molecule has 2 aromatic carbocycles. The molecule has 1 aromatic heterocycles. The van der Waals surface area contributed by atoms with Crippen LogP contribution in [0.25, 0.3) is 0 Å². The van der Waals surface area contributed by atoms with Crippen molar-refractivity contribution in [2.24, 2.45) is 0 Å². The van der Waals surface area contributed by atoms with Crippen LogP contribution in [0.2, 0.25) is 0 Å². The van der Waals surface area contributed by atoms with Crippen molar-refractivity contribution in [3.63, 3.8) is 0 Å². The molecule has 3 rings (SSSR count). The highest BCUT2D eigenvalue weighted by atomic mass is 32.2. The van der Waals surface area contributed by atoms with E-state index in [9.17, 15) is 9.18 Å². The Bertz CT molecular complexity index is 1040. The first-order chi connectivity index (χ1) is 14.3. The zero-order valence-corrected chi connectivity index (χ0v) is 17.8. The molecule has 0 aliphatic carbocycles. The van der Waals surface area contributed by atoms with Crippen molar-refractivity contribution < 1.29 is 9.18 Å². The van der Waals surface area contributed by atoms with E-state index in [4.69, 9.17) is 5.73 Å². The summed E-state index contributed by atoms with van der Waals surface area (Å²) in [5.74, 6) is 0.728. The Morgan fingerprint density at radius 2 is 1.87 bits per heavy atom. The average Bonchev–Trinajstić information content (AvgIpc) is 2.70. The maximum absolute atomic E-state index is 13.0. The molecule has 0 unspecified atom stereocenters. The number of amides is 1. The number of nitrogens with two attached hydrogens (primary N) is 1. The SMILES string of the molecule is Cc1ccc(C)c(NC(=O)[C@@H](C)SCc2nc(N)nc(Nc3ccc(F)cc3)n2)c1. The highest BCUT2D eigenvalue weighted by Crippen LogP contribution is 2.22. The monoisotopic (exact) mass is 426 g/mol. The Kier molecular flexibility index (Phi) is 6.83. The van der Waals surface area contributed by atoms with Crippen molar-refractivity contribution in [3.8, 4) is 0 Å². The molecule has 30 heavy (non-hydrogen) atoms. The van der Waals surface area contributed by atoms with Crippen LogP contribution in [0.5, 0.6) is 0 Å². The fourth-order valence-corrected chi connectivity index (χ4v) is 3.34. The number of nitrogens with one attached hydrogen (secondary N) is 2. The van der Waals surface area contributed by atoms with Crippen LogP contribution in [0.1, 0.15) is 23.9 Å². The molecular weight excluding hydrogens is 403 g/mol. The van der Waals surface area contributed by atoms with Crippen LogP contribution in [0.4, 0.5) is 27.7 Å². The number of hydrogen-bond acceptors (Lipinski definition) is 7. The number of aryl methyl sites for hydroxylation is 2. The van der Waals surface area contributed by atoms with Gasteiger partial charge in [0.2, 0.25) is 17.8 Å². The van der Waals surface area contributed by atoms with Gasteiger partial charge >= 0.3 is 0 Å². The number of carbonyl (C=O) groups excluding carboxylic acids is 1. The number of rotatable bonds is 7. The van der Waals surface area contributed by atoms with E-state index in [1.165, 1.54) is 23.9 Å². The van der Waals surface area contributed by atoms with Crippen LogP contribution in [0.3, 0.4) is 0 Å². The molecule has 0 radical (unpaired) electrons. The van der Waals surface area contributed by atoms with E-state index in [2.05, 4.69) is 25.6 Å². The van der Waals surface area contributed by atoms with Crippen molar-refractivity contribution in [1.29, 1.82) is 0 Å². The number of halogens is 1. The zero-order chi connectivity index (χ0) is 21.7. The smallest absolute Gasteiger partial charge is 0.237 e. The maximum atomic E-state index is 13.0. The molecule has 0 saturated heterocycles. The van der Waals surface area contributed by atoms with Gasteiger partial charge in [0.25, 0.3) is 0 Å². The summed E-state index contributed by atoms with van der Waals surface area (Å²) in [7, 11) is 0. The molecule has 7 nitrogen and oxygen atoms in total. The van der Waals surface area contributed by atoms with Gasteiger partial charge in [-0.3, -0.25) is 4.79 Å². The predicted molar refractivity (Wildman–Crippen MR) is 119 cm³/mol. The molecule has 0 spiro atoms. The molecule has 0 bridgehead atoms. The maximum Gasteiger partial charge on any atom is 0.237 e. The molecule has 1 heterocycles. The lowest BCUT2D eigenvalue weighted by atomic mass is 10.1. The van der Waals surface area contributed by atoms with E-state index < -0.39 is 0 Å². The molecule has 0 saturated carbocycles. The molecular formula is C21H23FN6OS. The van der Waals surface area contributed by atoms with Gasteiger partial charge in [0.1, 0.15) is 11.6 Å². The number of anilines is 4. The Labute approximate surface area is 178 Å². The summed E-state index contributed by atoms with van der Waals surface area (Å²) < 4.78 is 13.0. The molecule has 3 aromatic rings. The second-order valence-electron chi connectivity index (χ2n) is 6.83. The van der Waals surface area contributed by atoms with Crippen LogP contribution in [-0.2, 0) is 10.5 Å². The van der Waals surface area contributed by atoms with Crippen LogP contribution in [-0.4, -0.2) is 26.1 Å². The van der Waals surface area contributed by atoms with Gasteiger partial charge in [-0.15, -0.1) is 11.8 Å². The summed E-state index contributed by atoms with van der Waals surface area (Å²) in [5.41, 5.74) is 9.31. The Morgan fingerprint density at radius 1 is 1.13 bits per heavy atom. The average molecular weight is 427 g/mol. The molecule has 156 valence electrons. The summed E-state index contributed by atoms with van der Waals surface area (Å²) >= 11 is 1.39. The van der Waals surface area contributed by atoms with Crippen LogP contribution < -0.4 is 16.4 Å². The second-order valence-corrected chi connectivity index (χ2v) is 8.16. The van der Waals surface area contributed by atoms with Gasteiger partial charge in [-0.25, -0.2) is 4.39 Å². The van der Waals surface area contributed by atoms with Gasteiger partial charge in [-0.05, 0) is 62.2 Å². The van der Waals surface area contributed by atoms with Gasteiger partial charge in [-0.2, -0.15) is 15.0 Å². The van der Waals surface area contributed by atoms with E-state index in [0.29, 0.717) is 17.3 Å². The molecule has 0 fully saturated rings. The van der Waals surface area contributed by atoms with Gasteiger partial charge < -0.3 is 16.4 Å². The number of carbonyl (C=O) groups is 1. The topological polar surface area (TPSA) is 106 Å². The first kappa shape index (κ1) is 21.5. The van der Waals surface area contributed by atoms with Crippen molar-refractivity contribution >= 4 is 40.9 Å². The van der Waals surface area contributed by atoms with Crippen molar-refractivity contribution in [2.45, 2.75) is 31.8 Å². The van der Waals surface area contributed by atoms with Crippen LogP contribution in [0, 0.1) is 19.7 Å². The van der Waals surface area contributed by atoms with E-state index in [-0.39, 0.29) is 28.9 Å². The minimum atomic E-state index is -0.332. The molecule has 0 aliphatic rings. The van der Waals surface area contributed by atoms with Crippen LogP contribution >= 0.6 is 11.8 Å². The minimum absolute atomic E-state index is 0.0673. The zero-order valence-electron chi connectivity index (χ0n) is 16.9. The largest absolute Gasteiger partial charge is 0.368 e. The number of nitrogen functional groups attached to an aromatic ring is 1. The van der Waals surface area contributed by atoms with Gasteiger partial charge in [0, 0.05) is 11.4 Å². The third-order valence-electron chi connectivity index (χ3n) is 4.28. The number of benzene rings is 2. The lowest BCUT2D eigenvalue weighted by molar-refractivity contribution is -0.115. The summed E-state index contributed by atoms with van der Waals surface area (Å²) in [6, 6.07) is 11.7. The van der Waals surface area contributed by atoms with Gasteiger partial charge in [0.05, 0.1) is 11.0 Å². The number of thioether (sulfide) groups is 1. The summed E-state index contributed by atoms with van der Waals surface area (Å²) in [4.78, 5) is 25.1. The number of nitrogens with zero attached hydrogens (tertiary/aromatic N) is 3. The highest BCUT2D eigenvalue weighted by Gasteiger charge is 2.16. The quantitative estimate of drug-likeness (QED) is 0.519. The first-order valence-electron chi connectivity index (χ1n) is 9.33. The van der Waals surface area contributed by atoms with Crippen molar-refractivity contribution in [3.05, 3.63) is 65.2 Å². The number of hydrogen-bond donors (Lipinski definition) is 3. The fraction of sp³-hybridized carbons (Fsp3) is 0.238. The lowest BCUT2D eigenvalue weighted by Gasteiger charge is -2.14. The number of aromatic nitrogens is 3. The Balaban J connectivity index is 1.61. The van der Waals surface area contributed by atoms with E-state index in [1.807, 2.05) is 39.0 Å². The third kappa shape index (κ3) is 5.90. The molecule has 1 atom stereocenters. The van der Waals surface area contributed by atoms with Crippen LogP contribution in [0.15, 0.2) is 42.5 Å². The van der Waals surface area contributed by atoms with E-state index >= 15 is 0 Å². The molecule has 0 aliphatic heterocycles. The molecule has 9 heteroatoms. The normalized spacial score (nSPS) is 11.7. The summed E-state index contributed by atoms with van der Waals surface area (Å²) in [6.45, 7) is 5.76. The van der Waals surface area contributed by atoms with E-state index in [0.717, 1.165) is 16.8 Å². The fourth-order valence-electron chi connectivity index (χ4n) is 2.60. The van der Waals surface area contributed by atoms with Gasteiger partial charge in [-0.1, -0.05) is 12.1 Å². The molecule has 1 amide bonds. The summed E-state index contributed by atoms with van der Waals surface area (Å²) in [6.07, 6.45) is 0. The summed E-state index contributed by atoms with van der Waals surface area (Å²) in [5, 5.41) is 5.61.